The van der Waals surface area contributed by atoms with Crippen molar-refractivity contribution in [2.75, 3.05) is 7.11 Å². The van der Waals surface area contributed by atoms with E-state index in [1.807, 2.05) is 58.0 Å². The molecule has 0 bridgehead atoms. The predicted molar refractivity (Wildman–Crippen MR) is 115 cm³/mol. The fourth-order valence-electron chi connectivity index (χ4n) is 3.61. The predicted octanol–water partition coefficient (Wildman–Crippen LogP) is 4.58. The topological polar surface area (TPSA) is 77.8 Å². The molecule has 0 spiro atoms. The van der Waals surface area contributed by atoms with Crippen molar-refractivity contribution in [2.24, 2.45) is 5.92 Å². The lowest BCUT2D eigenvalue weighted by molar-refractivity contribution is -0.150. The number of carbonyl (C=O) groups excluding carboxylic acids is 1. The van der Waals surface area contributed by atoms with E-state index in [0.29, 0.717) is 12.3 Å². The number of aromatic nitrogens is 1. The Bertz CT molecular complexity index is 1100. The van der Waals surface area contributed by atoms with Crippen LogP contribution in [0.1, 0.15) is 41.0 Å². The maximum absolute atomic E-state index is 12.0. The minimum absolute atomic E-state index is 0.0252. The van der Waals surface area contributed by atoms with Gasteiger partial charge in [-0.25, -0.2) is 9.59 Å². The molecule has 0 unspecified atom stereocenters. The van der Waals surface area contributed by atoms with Gasteiger partial charge >= 0.3 is 11.9 Å². The number of aryl methyl sites for hydroxylation is 1. The average Bonchev–Trinajstić information content (AvgIpc) is 2.96. The number of ether oxygens (including phenoxy) is 2. The molecule has 6 heteroatoms. The van der Waals surface area contributed by atoms with E-state index in [0.717, 1.165) is 27.7 Å². The number of carboxylic acids is 1. The zero-order valence-electron chi connectivity index (χ0n) is 17.9. The molecule has 0 aliphatic heterocycles. The number of benzene rings is 2. The van der Waals surface area contributed by atoms with E-state index in [1.54, 1.807) is 12.1 Å². The molecule has 1 heterocycles. The van der Waals surface area contributed by atoms with Crippen LogP contribution in [0.15, 0.2) is 42.5 Å². The second-order valence-corrected chi connectivity index (χ2v) is 7.79. The van der Waals surface area contributed by atoms with Crippen LogP contribution in [-0.2, 0) is 16.1 Å². The number of hydrogen-bond donors (Lipinski definition) is 1. The third kappa shape index (κ3) is 4.17. The van der Waals surface area contributed by atoms with Crippen molar-refractivity contribution in [1.82, 2.24) is 4.57 Å². The highest BCUT2D eigenvalue weighted by atomic mass is 16.6. The molecule has 1 atom stereocenters. The SMILES string of the molecule is COC(=O)[C@@H](Oc1cccc(Cn2c(C)c(C)c3cc(C(=O)O)ccc32)c1)C(C)C. The first-order valence-electron chi connectivity index (χ1n) is 9.89. The van der Waals surface area contributed by atoms with E-state index >= 15 is 0 Å². The van der Waals surface area contributed by atoms with Crippen LogP contribution in [0, 0.1) is 19.8 Å². The van der Waals surface area contributed by atoms with Gasteiger partial charge < -0.3 is 19.1 Å². The van der Waals surface area contributed by atoms with Gasteiger partial charge in [0.25, 0.3) is 0 Å². The van der Waals surface area contributed by atoms with Crippen molar-refractivity contribution in [3.05, 3.63) is 64.8 Å². The lowest BCUT2D eigenvalue weighted by atomic mass is 10.1. The molecule has 0 saturated carbocycles. The first-order valence-corrected chi connectivity index (χ1v) is 9.89. The molecular weight excluding hydrogens is 382 g/mol. The van der Waals surface area contributed by atoms with Gasteiger partial charge in [0, 0.05) is 29.1 Å². The lowest BCUT2D eigenvalue weighted by Gasteiger charge is -2.20. The second-order valence-electron chi connectivity index (χ2n) is 7.79. The van der Waals surface area contributed by atoms with Crippen molar-refractivity contribution in [3.8, 4) is 5.75 Å². The third-order valence-electron chi connectivity index (χ3n) is 5.43. The van der Waals surface area contributed by atoms with E-state index < -0.39 is 18.0 Å². The minimum Gasteiger partial charge on any atom is -0.478 e. The van der Waals surface area contributed by atoms with Crippen LogP contribution in [0.3, 0.4) is 0 Å². The Morgan fingerprint density at radius 1 is 1.10 bits per heavy atom. The van der Waals surface area contributed by atoms with Crippen LogP contribution in [-0.4, -0.2) is 34.8 Å². The highest BCUT2D eigenvalue weighted by Crippen LogP contribution is 2.28. The van der Waals surface area contributed by atoms with E-state index in [-0.39, 0.29) is 11.5 Å². The molecule has 0 fully saturated rings. The van der Waals surface area contributed by atoms with Crippen LogP contribution in [0.2, 0.25) is 0 Å². The number of methoxy groups -OCH3 is 1. The maximum Gasteiger partial charge on any atom is 0.347 e. The van der Waals surface area contributed by atoms with Crippen molar-refractivity contribution >= 4 is 22.8 Å². The van der Waals surface area contributed by atoms with E-state index in [2.05, 4.69) is 4.57 Å². The van der Waals surface area contributed by atoms with E-state index in [4.69, 9.17) is 9.47 Å². The van der Waals surface area contributed by atoms with Gasteiger partial charge in [-0.1, -0.05) is 26.0 Å². The number of esters is 1. The highest BCUT2D eigenvalue weighted by Gasteiger charge is 2.25. The van der Waals surface area contributed by atoms with Crippen molar-refractivity contribution < 1.29 is 24.2 Å². The summed E-state index contributed by atoms with van der Waals surface area (Å²) in [5.41, 5.74) is 4.42. The molecule has 158 valence electrons. The molecule has 1 aromatic heterocycles. The molecule has 3 aromatic rings. The number of aromatic carboxylic acids is 1. The van der Waals surface area contributed by atoms with Crippen LogP contribution in [0.5, 0.6) is 5.75 Å². The summed E-state index contributed by atoms with van der Waals surface area (Å²) in [6, 6.07) is 12.8. The molecule has 2 aromatic carbocycles. The maximum atomic E-state index is 12.0. The van der Waals surface area contributed by atoms with Gasteiger partial charge in [0.1, 0.15) is 5.75 Å². The summed E-state index contributed by atoms with van der Waals surface area (Å²) in [7, 11) is 1.36. The summed E-state index contributed by atoms with van der Waals surface area (Å²) in [5.74, 6) is -0.747. The van der Waals surface area contributed by atoms with Gasteiger partial charge in [0.15, 0.2) is 6.10 Å². The molecule has 1 N–H and O–H groups in total. The zero-order valence-corrected chi connectivity index (χ0v) is 17.9. The van der Waals surface area contributed by atoms with Crippen LogP contribution in [0.25, 0.3) is 10.9 Å². The Morgan fingerprint density at radius 3 is 2.47 bits per heavy atom. The van der Waals surface area contributed by atoms with Crippen molar-refractivity contribution in [3.63, 3.8) is 0 Å². The van der Waals surface area contributed by atoms with Crippen molar-refractivity contribution in [1.29, 1.82) is 0 Å². The highest BCUT2D eigenvalue weighted by molar-refractivity contribution is 5.95. The first-order chi connectivity index (χ1) is 14.2. The third-order valence-corrected chi connectivity index (χ3v) is 5.43. The van der Waals surface area contributed by atoms with Gasteiger partial charge in [-0.3, -0.25) is 0 Å². The molecule has 0 saturated heterocycles. The molecule has 0 amide bonds. The zero-order chi connectivity index (χ0) is 22.0. The summed E-state index contributed by atoms with van der Waals surface area (Å²) >= 11 is 0. The van der Waals surface area contributed by atoms with E-state index in [9.17, 15) is 14.7 Å². The molecule has 3 rings (SSSR count). The number of rotatable bonds is 7. The van der Waals surface area contributed by atoms with Gasteiger partial charge in [-0.05, 0) is 55.3 Å². The largest absolute Gasteiger partial charge is 0.478 e. The Balaban J connectivity index is 1.93. The number of fused-ring (bicyclic) bond motifs is 1. The Morgan fingerprint density at radius 2 is 1.83 bits per heavy atom. The minimum atomic E-state index is -0.933. The molecule has 0 aliphatic carbocycles. The summed E-state index contributed by atoms with van der Waals surface area (Å²) < 4.78 is 12.9. The Kier molecular flexibility index (Phi) is 6.15. The second kappa shape index (κ2) is 8.61. The average molecular weight is 409 g/mol. The van der Waals surface area contributed by atoms with Gasteiger partial charge in [-0.15, -0.1) is 0 Å². The molecular formula is C24H27NO5. The van der Waals surface area contributed by atoms with Crippen LogP contribution >= 0.6 is 0 Å². The van der Waals surface area contributed by atoms with E-state index in [1.165, 1.54) is 7.11 Å². The molecule has 0 aliphatic rings. The Labute approximate surface area is 176 Å². The fourth-order valence-corrected chi connectivity index (χ4v) is 3.61. The van der Waals surface area contributed by atoms with Crippen LogP contribution < -0.4 is 4.74 Å². The standard InChI is InChI=1S/C24H27NO5/c1-14(2)22(24(28)29-5)30-19-8-6-7-17(11-19)13-25-16(4)15(3)20-12-18(23(26)27)9-10-21(20)25/h6-12,14,22H,13H2,1-5H3,(H,26,27)/t22-/m0/s1. The normalized spacial score (nSPS) is 12.2. The fraction of sp³-hybridized carbons (Fsp3) is 0.333. The molecule has 0 radical (unpaired) electrons. The smallest absolute Gasteiger partial charge is 0.347 e. The van der Waals surface area contributed by atoms with Gasteiger partial charge in [0.2, 0.25) is 0 Å². The van der Waals surface area contributed by atoms with Gasteiger partial charge in [0.05, 0.1) is 12.7 Å². The first kappa shape index (κ1) is 21.4. The number of hydrogen-bond acceptors (Lipinski definition) is 4. The summed E-state index contributed by atoms with van der Waals surface area (Å²) in [6.45, 7) is 8.46. The molecule has 6 nitrogen and oxygen atoms in total. The summed E-state index contributed by atoms with van der Waals surface area (Å²) in [6.07, 6.45) is -0.670. The summed E-state index contributed by atoms with van der Waals surface area (Å²) in [4.78, 5) is 23.3. The summed E-state index contributed by atoms with van der Waals surface area (Å²) in [5, 5.41) is 10.2. The number of nitrogens with zero attached hydrogens (tertiary/aromatic N) is 1. The van der Waals surface area contributed by atoms with Crippen molar-refractivity contribution in [2.45, 2.75) is 40.3 Å². The van der Waals surface area contributed by atoms with Crippen LogP contribution in [0.4, 0.5) is 0 Å². The quantitative estimate of drug-likeness (QED) is 0.578. The number of carbonyl (C=O) groups is 2. The van der Waals surface area contributed by atoms with Gasteiger partial charge in [-0.2, -0.15) is 0 Å². The molecule has 30 heavy (non-hydrogen) atoms. The Hall–Kier alpha value is -3.28. The number of carboxylic acid groups (broad SMARTS) is 1. The lowest BCUT2D eigenvalue weighted by Crippen LogP contribution is -2.33. The monoisotopic (exact) mass is 409 g/mol.